The van der Waals surface area contributed by atoms with Crippen LogP contribution in [-0.2, 0) is 16.0 Å². The minimum atomic E-state index is 0.186. The van der Waals surface area contributed by atoms with Crippen LogP contribution in [0.25, 0.3) is 0 Å². The summed E-state index contributed by atoms with van der Waals surface area (Å²) in [6.07, 6.45) is 7.47. The Morgan fingerprint density at radius 2 is 2.17 bits per heavy atom. The quantitative estimate of drug-likeness (QED) is 0.722. The second kappa shape index (κ2) is 7.90. The van der Waals surface area contributed by atoms with Crippen molar-refractivity contribution in [3.05, 3.63) is 11.7 Å². The third-order valence-corrected chi connectivity index (χ3v) is 4.97. The largest absolute Gasteiger partial charge is 0.381 e. The summed E-state index contributed by atoms with van der Waals surface area (Å²) < 4.78 is 11.1. The van der Waals surface area contributed by atoms with E-state index in [0.717, 1.165) is 25.5 Å². The lowest BCUT2D eigenvalue weighted by atomic mass is 10.1. The Hall–Kier alpha value is -1.43. The molecular weight excluding hydrogens is 294 g/mol. The van der Waals surface area contributed by atoms with E-state index in [0.29, 0.717) is 37.7 Å². The summed E-state index contributed by atoms with van der Waals surface area (Å²) in [7, 11) is 0. The summed E-state index contributed by atoms with van der Waals surface area (Å²) in [5.74, 6) is 2.52. The van der Waals surface area contributed by atoms with E-state index >= 15 is 0 Å². The highest BCUT2D eigenvalue weighted by atomic mass is 16.5. The van der Waals surface area contributed by atoms with Crippen LogP contribution in [0.2, 0.25) is 0 Å². The van der Waals surface area contributed by atoms with Crippen LogP contribution < -0.4 is 0 Å². The molecule has 2 fully saturated rings. The molecule has 1 aromatic heterocycles. The molecule has 1 saturated heterocycles. The van der Waals surface area contributed by atoms with Crippen LogP contribution in [0.3, 0.4) is 0 Å². The van der Waals surface area contributed by atoms with E-state index in [2.05, 4.69) is 10.1 Å². The maximum absolute atomic E-state index is 11.7. The SMILES string of the molecule is CCC(=O)N1CCC(c2nc(CCOCC3CCCC3)no2)C1. The zero-order chi connectivity index (χ0) is 16.1. The fourth-order valence-electron chi connectivity index (χ4n) is 3.54. The molecule has 23 heavy (non-hydrogen) atoms. The zero-order valence-corrected chi connectivity index (χ0v) is 14.0. The Kier molecular flexibility index (Phi) is 5.65. The molecule has 1 unspecified atom stereocenters. The molecule has 128 valence electrons. The predicted octanol–water partition coefficient (Wildman–Crippen LogP) is 2.54. The molecule has 3 rings (SSSR count). The molecule has 0 radical (unpaired) electrons. The summed E-state index contributed by atoms with van der Waals surface area (Å²) in [6, 6.07) is 0. The second-order valence-corrected chi connectivity index (χ2v) is 6.70. The Bertz CT molecular complexity index is 511. The van der Waals surface area contributed by atoms with Gasteiger partial charge in [0.15, 0.2) is 5.82 Å². The molecule has 6 heteroatoms. The molecule has 0 bridgehead atoms. The smallest absolute Gasteiger partial charge is 0.231 e. The number of carbonyl (C=O) groups is 1. The van der Waals surface area contributed by atoms with E-state index in [1.54, 1.807) is 0 Å². The van der Waals surface area contributed by atoms with Crippen LogP contribution in [0.5, 0.6) is 0 Å². The van der Waals surface area contributed by atoms with Gasteiger partial charge in [-0.25, -0.2) is 0 Å². The molecule has 1 aliphatic heterocycles. The van der Waals surface area contributed by atoms with E-state index in [1.807, 2.05) is 11.8 Å². The number of ether oxygens (including phenoxy) is 1. The van der Waals surface area contributed by atoms with E-state index in [-0.39, 0.29) is 11.8 Å². The first-order chi connectivity index (χ1) is 11.3. The van der Waals surface area contributed by atoms with Crippen molar-refractivity contribution in [2.75, 3.05) is 26.3 Å². The van der Waals surface area contributed by atoms with E-state index in [9.17, 15) is 4.79 Å². The minimum Gasteiger partial charge on any atom is -0.381 e. The van der Waals surface area contributed by atoms with Gasteiger partial charge in [-0.2, -0.15) is 4.98 Å². The number of hydrogen-bond acceptors (Lipinski definition) is 5. The lowest BCUT2D eigenvalue weighted by Gasteiger charge is -2.13. The van der Waals surface area contributed by atoms with Gasteiger partial charge in [0.1, 0.15) is 0 Å². The second-order valence-electron chi connectivity index (χ2n) is 6.70. The van der Waals surface area contributed by atoms with Crippen molar-refractivity contribution < 1.29 is 14.1 Å². The number of carbonyl (C=O) groups excluding carboxylic acids is 1. The van der Waals surface area contributed by atoms with E-state index < -0.39 is 0 Å². The van der Waals surface area contributed by atoms with Crippen LogP contribution in [0.1, 0.15) is 63.1 Å². The third-order valence-electron chi connectivity index (χ3n) is 4.97. The highest BCUT2D eigenvalue weighted by Gasteiger charge is 2.30. The van der Waals surface area contributed by atoms with Crippen molar-refractivity contribution in [2.24, 2.45) is 5.92 Å². The van der Waals surface area contributed by atoms with Gasteiger partial charge >= 0.3 is 0 Å². The molecule has 2 heterocycles. The van der Waals surface area contributed by atoms with Crippen LogP contribution in [0, 0.1) is 5.92 Å². The minimum absolute atomic E-state index is 0.186. The van der Waals surface area contributed by atoms with E-state index in [4.69, 9.17) is 9.26 Å². The Balaban J connectivity index is 1.40. The molecule has 1 aliphatic carbocycles. The number of aromatic nitrogens is 2. The fourth-order valence-corrected chi connectivity index (χ4v) is 3.54. The van der Waals surface area contributed by atoms with Gasteiger partial charge in [-0.3, -0.25) is 4.79 Å². The first-order valence-corrected chi connectivity index (χ1v) is 8.94. The highest BCUT2D eigenvalue weighted by molar-refractivity contribution is 5.76. The van der Waals surface area contributed by atoms with Gasteiger partial charge in [-0.05, 0) is 25.2 Å². The summed E-state index contributed by atoms with van der Waals surface area (Å²) >= 11 is 0. The van der Waals surface area contributed by atoms with Gasteiger partial charge in [0, 0.05) is 32.5 Å². The number of hydrogen-bond donors (Lipinski definition) is 0. The molecule has 1 amide bonds. The first kappa shape index (κ1) is 16.4. The monoisotopic (exact) mass is 321 g/mol. The maximum atomic E-state index is 11.7. The molecule has 1 aromatic rings. The Labute approximate surface area is 137 Å². The van der Waals surface area contributed by atoms with Gasteiger partial charge in [0.25, 0.3) is 0 Å². The van der Waals surface area contributed by atoms with Gasteiger partial charge < -0.3 is 14.2 Å². The normalized spacial score (nSPS) is 22.1. The molecule has 0 N–H and O–H groups in total. The van der Waals surface area contributed by atoms with Gasteiger partial charge in [0.05, 0.1) is 12.5 Å². The summed E-state index contributed by atoms with van der Waals surface area (Å²) in [5, 5.41) is 4.05. The Morgan fingerprint density at radius 1 is 1.35 bits per heavy atom. The standard InChI is InChI=1S/C17H27N3O3/c1-2-16(21)20-9-7-14(11-20)17-18-15(19-23-17)8-10-22-12-13-5-3-4-6-13/h13-14H,2-12H2,1H3. The number of likely N-dealkylation sites (tertiary alicyclic amines) is 1. The maximum Gasteiger partial charge on any atom is 0.231 e. The third kappa shape index (κ3) is 4.31. The van der Waals surface area contributed by atoms with Crippen LogP contribution in [0.15, 0.2) is 4.52 Å². The first-order valence-electron chi connectivity index (χ1n) is 8.94. The lowest BCUT2D eigenvalue weighted by Crippen LogP contribution is -2.27. The Morgan fingerprint density at radius 3 is 2.96 bits per heavy atom. The zero-order valence-electron chi connectivity index (χ0n) is 14.0. The number of nitrogens with zero attached hydrogens (tertiary/aromatic N) is 3. The molecule has 6 nitrogen and oxygen atoms in total. The highest BCUT2D eigenvalue weighted by Crippen LogP contribution is 2.26. The number of amides is 1. The number of rotatable bonds is 7. The molecule has 2 aliphatic rings. The average Bonchev–Trinajstić information content (AvgIpc) is 3.31. The van der Waals surface area contributed by atoms with Crippen LogP contribution >= 0.6 is 0 Å². The molecule has 1 saturated carbocycles. The summed E-state index contributed by atoms with van der Waals surface area (Å²) in [4.78, 5) is 18.1. The molecule has 0 spiro atoms. The van der Waals surface area contributed by atoms with Crippen LogP contribution in [0.4, 0.5) is 0 Å². The van der Waals surface area contributed by atoms with Gasteiger partial charge in [-0.15, -0.1) is 0 Å². The van der Waals surface area contributed by atoms with E-state index in [1.165, 1.54) is 25.7 Å². The van der Waals surface area contributed by atoms with Crippen molar-refractivity contribution in [1.82, 2.24) is 15.0 Å². The van der Waals surface area contributed by atoms with Crippen molar-refractivity contribution in [3.63, 3.8) is 0 Å². The molecular formula is C17H27N3O3. The molecule has 1 atom stereocenters. The van der Waals surface area contributed by atoms with Crippen molar-refractivity contribution in [2.45, 2.75) is 57.8 Å². The summed E-state index contributed by atoms with van der Waals surface area (Å²) in [5.41, 5.74) is 0. The molecule has 0 aromatic carbocycles. The fraction of sp³-hybridized carbons (Fsp3) is 0.824. The van der Waals surface area contributed by atoms with Crippen molar-refractivity contribution >= 4 is 5.91 Å². The van der Waals surface area contributed by atoms with Crippen LogP contribution in [-0.4, -0.2) is 47.3 Å². The lowest BCUT2D eigenvalue weighted by molar-refractivity contribution is -0.129. The van der Waals surface area contributed by atoms with Gasteiger partial charge in [-0.1, -0.05) is 24.9 Å². The predicted molar refractivity (Wildman–Crippen MR) is 85.0 cm³/mol. The van der Waals surface area contributed by atoms with Crippen molar-refractivity contribution in [1.29, 1.82) is 0 Å². The average molecular weight is 321 g/mol. The summed E-state index contributed by atoms with van der Waals surface area (Å²) in [6.45, 7) is 4.90. The van der Waals surface area contributed by atoms with Crippen molar-refractivity contribution in [3.8, 4) is 0 Å². The van der Waals surface area contributed by atoms with Gasteiger partial charge in [0.2, 0.25) is 11.8 Å². The topological polar surface area (TPSA) is 68.5 Å².